The van der Waals surface area contributed by atoms with Crippen LogP contribution in [-0.2, 0) is 14.9 Å². The van der Waals surface area contributed by atoms with Gasteiger partial charge < -0.3 is 9.84 Å². The molecule has 23 heavy (non-hydrogen) atoms. The molecule has 0 fully saturated rings. The number of esters is 1. The molecule has 0 aliphatic heterocycles. The van der Waals surface area contributed by atoms with Crippen molar-refractivity contribution in [2.45, 2.75) is 24.7 Å². The zero-order valence-corrected chi connectivity index (χ0v) is 12.9. The van der Waals surface area contributed by atoms with Crippen LogP contribution in [0.2, 0.25) is 0 Å². The lowest BCUT2D eigenvalue weighted by atomic mass is 9.69. The summed E-state index contributed by atoms with van der Waals surface area (Å²) in [5.41, 5.74) is 0.251. The lowest BCUT2D eigenvalue weighted by Crippen LogP contribution is -2.31. The lowest BCUT2D eigenvalue weighted by Gasteiger charge is -2.32. The Morgan fingerprint density at radius 2 is 2.00 bits per heavy atom. The fourth-order valence-corrected chi connectivity index (χ4v) is 3.18. The molecule has 1 aliphatic carbocycles. The second-order valence-electron chi connectivity index (χ2n) is 5.85. The zero-order valence-electron chi connectivity index (χ0n) is 12.9. The molecule has 3 rings (SSSR count). The average molecular weight is 307 g/mol. The maximum absolute atomic E-state index is 11.9. The number of methoxy groups -OCH3 is 1. The number of carbonyl (C=O) groups excluding carboxylic acids is 1. The first-order valence-corrected chi connectivity index (χ1v) is 7.49. The van der Waals surface area contributed by atoms with Gasteiger partial charge in [0.05, 0.1) is 24.2 Å². The van der Waals surface area contributed by atoms with Crippen LogP contribution >= 0.6 is 0 Å². The van der Waals surface area contributed by atoms with Gasteiger partial charge in [0.15, 0.2) is 0 Å². The van der Waals surface area contributed by atoms with Crippen LogP contribution in [-0.4, -0.2) is 18.2 Å². The van der Waals surface area contributed by atoms with Gasteiger partial charge in [-0.2, -0.15) is 5.26 Å². The first kappa shape index (κ1) is 15.1. The number of allylic oxidation sites excluding steroid dienone is 1. The molecular weight excluding hydrogens is 290 g/mol. The van der Waals surface area contributed by atoms with E-state index in [1.165, 1.54) is 7.11 Å². The standard InChI is InChI=1S/C19H17NO3/c1-23-18(22)16-11-19(12-20,9-8-17(16)21)15-7-6-13-4-2-3-5-14(13)10-15/h2-7,10,21H,8-9,11H2,1H3/t19-/m1/s1. The van der Waals surface area contributed by atoms with Gasteiger partial charge in [0.1, 0.15) is 5.76 Å². The molecule has 2 aromatic carbocycles. The summed E-state index contributed by atoms with van der Waals surface area (Å²) in [5.74, 6) is -0.536. The Morgan fingerprint density at radius 3 is 2.70 bits per heavy atom. The van der Waals surface area contributed by atoms with Crippen molar-refractivity contribution in [3.05, 3.63) is 59.4 Å². The SMILES string of the molecule is COC(=O)C1=C(O)CC[C@@](C#N)(c2ccc3ccccc3c2)C1. The molecule has 0 unspecified atom stereocenters. The lowest BCUT2D eigenvalue weighted by molar-refractivity contribution is -0.136. The first-order valence-electron chi connectivity index (χ1n) is 7.49. The Hall–Kier alpha value is -2.80. The second kappa shape index (κ2) is 5.77. The van der Waals surface area contributed by atoms with E-state index in [-0.39, 0.29) is 17.8 Å². The molecule has 0 saturated carbocycles. The van der Waals surface area contributed by atoms with Crippen molar-refractivity contribution in [2.75, 3.05) is 7.11 Å². The molecule has 116 valence electrons. The van der Waals surface area contributed by atoms with Crippen LogP contribution in [0, 0.1) is 11.3 Å². The van der Waals surface area contributed by atoms with Crippen LogP contribution in [0.3, 0.4) is 0 Å². The Balaban J connectivity index is 2.07. The molecule has 2 aromatic rings. The van der Waals surface area contributed by atoms with Crippen LogP contribution in [0.5, 0.6) is 0 Å². The second-order valence-corrected chi connectivity index (χ2v) is 5.85. The third-order valence-corrected chi connectivity index (χ3v) is 4.56. The highest BCUT2D eigenvalue weighted by atomic mass is 16.5. The number of benzene rings is 2. The van der Waals surface area contributed by atoms with Crippen LogP contribution in [0.1, 0.15) is 24.8 Å². The van der Waals surface area contributed by atoms with Gasteiger partial charge in [0.25, 0.3) is 0 Å². The molecule has 0 amide bonds. The topological polar surface area (TPSA) is 70.3 Å². The number of rotatable bonds is 2. The van der Waals surface area contributed by atoms with Gasteiger partial charge in [-0.1, -0.05) is 36.4 Å². The van der Waals surface area contributed by atoms with Gasteiger partial charge in [0, 0.05) is 12.8 Å². The van der Waals surface area contributed by atoms with Crippen molar-refractivity contribution in [1.82, 2.24) is 0 Å². The van der Waals surface area contributed by atoms with Gasteiger partial charge >= 0.3 is 5.97 Å². The number of carbonyl (C=O) groups is 1. The van der Waals surface area contributed by atoms with Gasteiger partial charge in [0.2, 0.25) is 0 Å². The fourth-order valence-electron chi connectivity index (χ4n) is 3.18. The zero-order chi connectivity index (χ0) is 16.4. The molecule has 4 heteroatoms. The molecule has 1 atom stereocenters. The third kappa shape index (κ3) is 2.55. The maximum atomic E-state index is 11.9. The Kier molecular flexibility index (Phi) is 3.79. The van der Waals surface area contributed by atoms with Crippen molar-refractivity contribution in [3.8, 4) is 6.07 Å². The molecule has 0 heterocycles. The summed E-state index contributed by atoms with van der Waals surface area (Å²) in [6, 6.07) is 16.2. The summed E-state index contributed by atoms with van der Waals surface area (Å²) in [4.78, 5) is 11.9. The molecule has 0 aromatic heterocycles. The van der Waals surface area contributed by atoms with E-state index in [4.69, 9.17) is 4.74 Å². The fraction of sp³-hybridized carbons (Fsp3) is 0.263. The van der Waals surface area contributed by atoms with Gasteiger partial charge in [-0.15, -0.1) is 0 Å². The van der Waals surface area contributed by atoms with E-state index >= 15 is 0 Å². The van der Waals surface area contributed by atoms with E-state index in [0.29, 0.717) is 12.8 Å². The van der Waals surface area contributed by atoms with E-state index < -0.39 is 11.4 Å². The molecule has 1 aliphatic rings. The molecule has 0 radical (unpaired) electrons. The summed E-state index contributed by atoms with van der Waals surface area (Å²) < 4.78 is 4.74. The van der Waals surface area contributed by atoms with Crippen molar-refractivity contribution in [2.24, 2.45) is 0 Å². The predicted molar refractivity (Wildman–Crippen MR) is 86.8 cm³/mol. The number of fused-ring (bicyclic) bond motifs is 1. The Labute approximate surface area is 134 Å². The number of aliphatic hydroxyl groups is 1. The normalized spacial score (nSPS) is 21.0. The highest BCUT2D eigenvalue weighted by molar-refractivity contribution is 5.90. The molecule has 1 N–H and O–H groups in total. The minimum absolute atomic E-state index is 0.0310. The molecule has 0 spiro atoms. The third-order valence-electron chi connectivity index (χ3n) is 4.56. The van der Waals surface area contributed by atoms with E-state index in [0.717, 1.165) is 16.3 Å². The molecular formula is C19H17NO3. The van der Waals surface area contributed by atoms with E-state index in [2.05, 4.69) is 6.07 Å². The Bertz CT molecular complexity index is 847. The average Bonchev–Trinajstić information content (AvgIpc) is 2.61. The van der Waals surface area contributed by atoms with Crippen molar-refractivity contribution < 1.29 is 14.6 Å². The smallest absolute Gasteiger partial charge is 0.337 e. The summed E-state index contributed by atoms with van der Waals surface area (Å²) in [6.07, 6.45) is 0.944. The molecule has 0 saturated heterocycles. The van der Waals surface area contributed by atoms with Crippen LogP contribution in [0.25, 0.3) is 10.8 Å². The molecule has 4 nitrogen and oxygen atoms in total. The quantitative estimate of drug-likeness (QED) is 0.857. The Morgan fingerprint density at radius 1 is 1.26 bits per heavy atom. The number of hydrogen-bond acceptors (Lipinski definition) is 4. The summed E-state index contributed by atoms with van der Waals surface area (Å²) >= 11 is 0. The first-order chi connectivity index (χ1) is 11.1. The number of hydrogen-bond donors (Lipinski definition) is 1. The number of nitrogens with zero attached hydrogens (tertiary/aromatic N) is 1. The summed E-state index contributed by atoms with van der Waals surface area (Å²) in [5, 5.41) is 22.0. The summed E-state index contributed by atoms with van der Waals surface area (Å²) in [7, 11) is 1.28. The monoisotopic (exact) mass is 307 g/mol. The minimum atomic E-state index is -0.820. The number of ether oxygens (including phenoxy) is 1. The largest absolute Gasteiger partial charge is 0.512 e. The van der Waals surface area contributed by atoms with Crippen molar-refractivity contribution in [1.29, 1.82) is 5.26 Å². The van der Waals surface area contributed by atoms with Crippen LogP contribution in [0.15, 0.2) is 53.8 Å². The molecule has 0 bridgehead atoms. The highest BCUT2D eigenvalue weighted by Gasteiger charge is 2.40. The van der Waals surface area contributed by atoms with Gasteiger partial charge in [-0.25, -0.2) is 4.79 Å². The number of nitriles is 1. The maximum Gasteiger partial charge on any atom is 0.337 e. The van der Waals surface area contributed by atoms with Crippen molar-refractivity contribution >= 4 is 16.7 Å². The van der Waals surface area contributed by atoms with E-state index in [1.54, 1.807) is 0 Å². The minimum Gasteiger partial charge on any atom is -0.512 e. The van der Waals surface area contributed by atoms with Crippen LogP contribution in [0.4, 0.5) is 0 Å². The van der Waals surface area contributed by atoms with E-state index in [9.17, 15) is 15.2 Å². The number of aliphatic hydroxyl groups excluding tert-OH is 1. The van der Waals surface area contributed by atoms with Crippen LogP contribution < -0.4 is 0 Å². The highest BCUT2D eigenvalue weighted by Crippen LogP contribution is 2.42. The van der Waals surface area contributed by atoms with E-state index in [1.807, 2.05) is 42.5 Å². The predicted octanol–water partition coefficient (Wildman–Crippen LogP) is 3.77. The summed E-state index contributed by atoms with van der Waals surface area (Å²) in [6.45, 7) is 0. The van der Waals surface area contributed by atoms with Gasteiger partial charge in [-0.05, 0) is 28.8 Å². The van der Waals surface area contributed by atoms with Crippen molar-refractivity contribution in [3.63, 3.8) is 0 Å². The van der Waals surface area contributed by atoms with Gasteiger partial charge in [-0.3, -0.25) is 0 Å².